The topological polar surface area (TPSA) is 72.5 Å². The largest absolute Gasteiger partial charge is 0.503 e. The fourth-order valence-corrected chi connectivity index (χ4v) is 2.48. The van der Waals surface area contributed by atoms with Crippen LogP contribution in [0.15, 0.2) is 22.4 Å². The summed E-state index contributed by atoms with van der Waals surface area (Å²) in [4.78, 5) is 0. The van der Waals surface area contributed by atoms with E-state index in [1.807, 2.05) is 20.1 Å². The zero-order valence-corrected chi connectivity index (χ0v) is 14.1. The Morgan fingerprint density at radius 2 is 2.18 bits per heavy atom. The van der Waals surface area contributed by atoms with E-state index in [1.165, 1.54) is 11.8 Å². The summed E-state index contributed by atoms with van der Waals surface area (Å²) < 4.78 is 7.04. The standard InChI is InChI=1S/C14H17ClN4O2S/c1-4-12-17-18-14(22-3)19(12)16-8-9-6-10(15)13(20)11(7-9)21-5-2/h6-8,20H,4-5H2,1-3H3/b16-8-. The van der Waals surface area contributed by atoms with E-state index in [4.69, 9.17) is 16.3 Å². The number of aromatic nitrogens is 3. The van der Waals surface area contributed by atoms with Crippen molar-refractivity contribution in [2.75, 3.05) is 12.9 Å². The number of nitrogens with zero attached hydrogens (tertiary/aromatic N) is 4. The smallest absolute Gasteiger partial charge is 0.211 e. The minimum atomic E-state index is -0.0657. The zero-order valence-electron chi connectivity index (χ0n) is 12.6. The number of benzene rings is 1. The normalized spacial score (nSPS) is 11.3. The van der Waals surface area contributed by atoms with Crippen LogP contribution in [0.5, 0.6) is 11.5 Å². The van der Waals surface area contributed by atoms with Gasteiger partial charge in [0.1, 0.15) is 0 Å². The van der Waals surface area contributed by atoms with Crippen LogP contribution in [0.1, 0.15) is 25.2 Å². The van der Waals surface area contributed by atoms with E-state index in [0.717, 1.165) is 12.2 Å². The Kier molecular flexibility index (Phi) is 5.68. The van der Waals surface area contributed by atoms with Crippen LogP contribution >= 0.6 is 23.4 Å². The molecule has 0 aliphatic heterocycles. The Balaban J connectivity index is 2.36. The molecule has 0 spiro atoms. The third-order valence-electron chi connectivity index (χ3n) is 2.85. The van der Waals surface area contributed by atoms with E-state index in [1.54, 1.807) is 23.0 Å². The molecule has 2 aromatic rings. The second-order valence-corrected chi connectivity index (χ2v) is 5.48. The molecule has 0 fully saturated rings. The Hall–Kier alpha value is -1.73. The Morgan fingerprint density at radius 1 is 1.41 bits per heavy atom. The first-order chi connectivity index (χ1) is 10.6. The number of hydrogen-bond donors (Lipinski definition) is 1. The SMILES string of the molecule is CCOc1cc(/C=N\n2c(CC)nnc2SC)cc(Cl)c1O. The molecule has 0 aliphatic rings. The van der Waals surface area contributed by atoms with E-state index in [9.17, 15) is 5.11 Å². The maximum atomic E-state index is 9.84. The summed E-state index contributed by atoms with van der Waals surface area (Å²) in [6.07, 6.45) is 4.28. The van der Waals surface area contributed by atoms with Gasteiger partial charge in [-0.2, -0.15) is 9.78 Å². The summed E-state index contributed by atoms with van der Waals surface area (Å²) in [5.41, 5.74) is 0.717. The maximum Gasteiger partial charge on any atom is 0.211 e. The Morgan fingerprint density at radius 3 is 2.82 bits per heavy atom. The quantitative estimate of drug-likeness (QED) is 0.645. The molecule has 0 bridgehead atoms. The number of phenolic OH excluding ortho intramolecular Hbond substituents is 1. The molecule has 1 heterocycles. The van der Waals surface area contributed by atoms with Gasteiger partial charge in [0.05, 0.1) is 17.8 Å². The van der Waals surface area contributed by atoms with Gasteiger partial charge in [0.25, 0.3) is 0 Å². The molecule has 0 atom stereocenters. The molecule has 0 saturated heterocycles. The van der Waals surface area contributed by atoms with Gasteiger partial charge in [-0.1, -0.05) is 30.3 Å². The second-order valence-electron chi connectivity index (χ2n) is 4.30. The molecule has 0 unspecified atom stereocenters. The fraction of sp³-hybridized carbons (Fsp3) is 0.357. The van der Waals surface area contributed by atoms with Gasteiger partial charge in [0, 0.05) is 6.42 Å². The van der Waals surface area contributed by atoms with E-state index < -0.39 is 0 Å². The van der Waals surface area contributed by atoms with Crippen molar-refractivity contribution in [3.05, 3.63) is 28.5 Å². The van der Waals surface area contributed by atoms with Crippen molar-refractivity contribution in [1.82, 2.24) is 14.9 Å². The highest BCUT2D eigenvalue weighted by atomic mass is 35.5. The van der Waals surface area contributed by atoms with E-state index in [-0.39, 0.29) is 10.8 Å². The first-order valence-electron chi connectivity index (χ1n) is 6.78. The maximum absolute atomic E-state index is 9.84. The van der Waals surface area contributed by atoms with Gasteiger partial charge in [-0.15, -0.1) is 10.2 Å². The van der Waals surface area contributed by atoms with Gasteiger partial charge in [0.15, 0.2) is 17.3 Å². The molecular formula is C14H17ClN4O2S. The lowest BCUT2D eigenvalue weighted by Gasteiger charge is -2.08. The van der Waals surface area contributed by atoms with Crippen molar-refractivity contribution in [2.24, 2.45) is 5.10 Å². The van der Waals surface area contributed by atoms with Crippen LogP contribution in [0, 0.1) is 0 Å². The number of hydrogen-bond acceptors (Lipinski definition) is 6. The molecule has 6 nitrogen and oxygen atoms in total. The summed E-state index contributed by atoms with van der Waals surface area (Å²) in [5.74, 6) is 1.04. The molecule has 0 amide bonds. The lowest BCUT2D eigenvalue weighted by molar-refractivity contribution is 0.318. The van der Waals surface area contributed by atoms with E-state index in [0.29, 0.717) is 23.1 Å². The van der Waals surface area contributed by atoms with Crippen molar-refractivity contribution in [2.45, 2.75) is 25.4 Å². The van der Waals surface area contributed by atoms with Gasteiger partial charge in [0.2, 0.25) is 5.16 Å². The van der Waals surface area contributed by atoms with Crippen LogP contribution < -0.4 is 4.74 Å². The second kappa shape index (κ2) is 7.51. The van der Waals surface area contributed by atoms with Crippen molar-refractivity contribution in [3.8, 4) is 11.5 Å². The van der Waals surface area contributed by atoms with Crippen LogP contribution in [0.2, 0.25) is 5.02 Å². The van der Waals surface area contributed by atoms with Crippen LogP contribution in [0.3, 0.4) is 0 Å². The van der Waals surface area contributed by atoms with Crippen molar-refractivity contribution in [1.29, 1.82) is 0 Å². The van der Waals surface area contributed by atoms with Gasteiger partial charge in [-0.05, 0) is 30.9 Å². The molecule has 1 aromatic carbocycles. The lowest BCUT2D eigenvalue weighted by Crippen LogP contribution is -1.99. The predicted octanol–water partition coefficient (Wildman–Crippen LogP) is 3.20. The van der Waals surface area contributed by atoms with Crippen LogP contribution in [0.4, 0.5) is 0 Å². The highest BCUT2D eigenvalue weighted by molar-refractivity contribution is 7.98. The van der Waals surface area contributed by atoms with E-state index in [2.05, 4.69) is 15.3 Å². The number of aromatic hydroxyl groups is 1. The van der Waals surface area contributed by atoms with Crippen LogP contribution in [0.25, 0.3) is 0 Å². The molecule has 0 saturated carbocycles. The molecule has 118 valence electrons. The van der Waals surface area contributed by atoms with Gasteiger partial charge in [-0.25, -0.2) is 0 Å². The summed E-state index contributed by atoms with van der Waals surface area (Å²) in [6, 6.07) is 3.31. The molecule has 0 aliphatic carbocycles. The summed E-state index contributed by atoms with van der Waals surface area (Å²) >= 11 is 7.47. The molecule has 1 N–H and O–H groups in total. The zero-order chi connectivity index (χ0) is 16.1. The number of halogens is 1. The third kappa shape index (κ3) is 3.53. The molecule has 1 aromatic heterocycles. The number of ether oxygens (including phenoxy) is 1. The average Bonchev–Trinajstić information content (AvgIpc) is 2.92. The predicted molar refractivity (Wildman–Crippen MR) is 88.5 cm³/mol. The van der Waals surface area contributed by atoms with Crippen molar-refractivity contribution >= 4 is 29.6 Å². The Labute approximate surface area is 138 Å². The van der Waals surface area contributed by atoms with Crippen LogP contribution in [-0.4, -0.2) is 39.1 Å². The highest BCUT2D eigenvalue weighted by Gasteiger charge is 2.10. The molecular weight excluding hydrogens is 324 g/mol. The van der Waals surface area contributed by atoms with Gasteiger partial charge >= 0.3 is 0 Å². The first kappa shape index (κ1) is 16.6. The van der Waals surface area contributed by atoms with Gasteiger partial charge in [-0.3, -0.25) is 0 Å². The highest BCUT2D eigenvalue weighted by Crippen LogP contribution is 2.34. The molecule has 22 heavy (non-hydrogen) atoms. The lowest BCUT2D eigenvalue weighted by atomic mass is 10.2. The summed E-state index contributed by atoms with van der Waals surface area (Å²) in [5, 5.41) is 23.3. The summed E-state index contributed by atoms with van der Waals surface area (Å²) in [6.45, 7) is 4.26. The minimum Gasteiger partial charge on any atom is -0.503 e. The third-order valence-corrected chi connectivity index (χ3v) is 3.76. The molecule has 8 heteroatoms. The summed E-state index contributed by atoms with van der Waals surface area (Å²) in [7, 11) is 0. The first-order valence-corrected chi connectivity index (χ1v) is 8.38. The Bertz CT molecular complexity index is 666. The number of thioether (sulfide) groups is 1. The molecule has 2 rings (SSSR count). The minimum absolute atomic E-state index is 0.0657. The molecule has 0 radical (unpaired) electrons. The monoisotopic (exact) mass is 340 g/mol. The van der Waals surface area contributed by atoms with E-state index >= 15 is 0 Å². The van der Waals surface area contributed by atoms with Gasteiger partial charge < -0.3 is 9.84 Å². The number of rotatable bonds is 6. The van der Waals surface area contributed by atoms with Crippen molar-refractivity contribution in [3.63, 3.8) is 0 Å². The van der Waals surface area contributed by atoms with Crippen LogP contribution in [-0.2, 0) is 6.42 Å². The number of phenols is 1. The average molecular weight is 341 g/mol. The van der Waals surface area contributed by atoms with Crippen molar-refractivity contribution < 1.29 is 9.84 Å². The number of aryl methyl sites for hydroxylation is 1. The fourth-order valence-electron chi connectivity index (χ4n) is 1.82.